The maximum atomic E-state index is 11.2. The van der Waals surface area contributed by atoms with Crippen LogP contribution in [0, 0.1) is 12.3 Å². The van der Waals surface area contributed by atoms with Crippen molar-refractivity contribution in [1.82, 2.24) is 4.90 Å². The van der Waals surface area contributed by atoms with Gasteiger partial charge in [0.25, 0.3) is 0 Å². The standard InChI is InChI=1S/C9H16N2O/c1-4-7-11(3)9(12)6-5-8(2)10/h1,8H,5-7,10H2,2-3H3. The third-order valence-electron chi connectivity index (χ3n) is 1.57. The zero-order chi connectivity index (χ0) is 9.56. The lowest BCUT2D eigenvalue weighted by Gasteiger charge is -2.14. The first kappa shape index (κ1) is 11.0. The lowest BCUT2D eigenvalue weighted by Crippen LogP contribution is -2.28. The molecule has 2 N–H and O–H groups in total. The van der Waals surface area contributed by atoms with Crippen LogP contribution in [0.25, 0.3) is 0 Å². The maximum Gasteiger partial charge on any atom is 0.223 e. The van der Waals surface area contributed by atoms with Gasteiger partial charge in [0.05, 0.1) is 6.54 Å². The molecule has 0 saturated heterocycles. The fourth-order valence-corrected chi connectivity index (χ4v) is 0.767. The Morgan fingerprint density at radius 3 is 2.75 bits per heavy atom. The van der Waals surface area contributed by atoms with E-state index in [4.69, 9.17) is 12.2 Å². The number of hydrogen-bond donors (Lipinski definition) is 1. The minimum Gasteiger partial charge on any atom is -0.335 e. The van der Waals surface area contributed by atoms with E-state index in [1.54, 1.807) is 7.05 Å². The van der Waals surface area contributed by atoms with E-state index in [1.807, 2.05) is 6.92 Å². The summed E-state index contributed by atoms with van der Waals surface area (Å²) in [5.41, 5.74) is 5.50. The quantitative estimate of drug-likeness (QED) is 0.610. The summed E-state index contributed by atoms with van der Waals surface area (Å²) in [6, 6.07) is 0.0770. The molecule has 1 amide bonds. The lowest BCUT2D eigenvalue weighted by atomic mass is 10.2. The fraction of sp³-hybridized carbons (Fsp3) is 0.667. The van der Waals surface area contributed by atoms with Crippen molar-refractivity contribution in [1.29, 1.82) is 0 Å². The molecule has 0 aromatic heterocycles. The summed E-state index contributed by atoms with van der Waals surface area (Å²) in [6.45, 7) is 2.26. The SMILES string of the molecule is C#CCN(C)C(=O)CCC(C)N. The molecule has 0 aliphatic heterocycles. The number of nitrogens with two attached hydrogens (primary N) is 1. The number of carbonyl (C=O) groups is 1. The molecule has 3 nitrogen and oxygen atoms in total. The minimum atomic E-state index is 0.0604. The van der Waals surface area contributed by atoms with Gasteiger partial charge in [-0.1, -0.05) is 5.92 Å². The predicted octanol–water partition coefficient (Wildman–Crippen LogP) is 0.205. The van der Waals surface area contributed by atoms with Crippen LogP contribution >= 0.6 is 0 Å². The average Bonchev–Trinajstić information content (AvgIpc) is 2.00. The molecule has 0 aliphatic carbocycles. The third kappa shape index (κ3) is 4.75. The molecule has 1 atom stereocenters. The van der Waals surface area contributed by atoms with Crippen LogP contribution in [0.3, 0.4) is 0 Å². The van der Waals surface area contributed by atoms with E-state index in [0.717, 1.165) is 0 Å². The summed E-state index contributed by atoms with van der Waals surface area (Å²) >= 11 is 0. The molecule has 0 aliphatic rings. The monoisotopic (exact) mass is 168 g/mol. The number of hydrogen-bond acceptors (Lipinski definition) is 2. The van der Waals surface area contributed by atoms with Crippen LogP contribution < -0.4 is 5.73 Å². The molecule has 3 heteroatoms. The summed E-state index contributed by atoms with van der Waals surface area (Å²) < 4.78 is 0. The second-order valence-corrected chi connectivity index (χ2v) is 2.97. The summed E-state index contributed by atoms with van der Waals surface area (Å²) in [7, 11) is 1.70. The first-order valence-corrected chi connectivity index (χ1v) is 4.01. The molecule has 0 aromatic rings. The molecule has 1 unspecified atom stereocenters. The van der Waals surface area contributed by atoms with Crippen LogP contribution in [0.2, 0.25) is 0 Å². The Labute approximate surface area is 73.9 Å². The Kier molecular flexibility index (Phi) is 5.14. The van der Waals surface area contributed by atoms with Gasteiger partial charge in [-0.2, -0.15) is 0 Å². The van der Waals surface area contributed by atoms with Gasteiger partial charge in [0.15, 0.2) is 0 Å². The van der Waals surface area contributed by atoms with Gasteiger partial charge >= 0.3 is 0 Å². The van der Waals surface area contributed by atoms with Gasteiger partial charge in [-0.15, -0.1) is 6.42 Å². The molecular weight excluding hydrogens is 152 g/mol. The van der Waals surface area contributed by atoms with Gasteiger partial charge in [0, 0.05) is 19.5 Å². The molecule has 68 valence electrons. The van der Waals surface area contributed by atoms with E-state index in [0.29, 0.717) is 19.4 Å². The Morgan fingerprint density at radius 1 is 1.75 bits per heavy atom. The molecular formula is C9H16N2O. The Hall–Kier alpha value is -1.01. The highest BCUT2D eigenvalue weighted by atomic mass is 16.2. The van der Waals surface area contributed by atoms with Crippen molar-refractivity contribution < 1.29 is 4.79 Å². The van der Waals surface area contributed by atoms with Gasteiger partial charge in [0.1, 0.15) is 0 Å². The lowest BCUT2D eigenvalue weighted by molar-refractivity contribution is -0.129. The highest BCUT2D eigenvalue weighted by molar-refractivity contribution is 5.76. The maximum absolute atomic E-state index is 11.2. The highest BCUT2D eigenvalue weighted by Gasteiger charge is 2.07. The van der Waals surface area contributed by atoms with Crippen molar-refractivity contribution in [2.24, 2.45) is 5.73 Å². The molecule has 0 rings (SSSR count). The third-order valence-corrected chi connectivity index (χ3v) is 1.57. The molecule has 0 bridgehead atoms. The Morgan fingerprint density at radius 2 is 2.33 bits per heavy atom. The molecule has 0 saturated carbocycles. The van der Waals surface area contributed by atoms with Crippen molar-refractivity contribution in [3.63, 3.8) is 0 Å². The van der Waals surface area contributed by atoms with Crippen LogP contribution in [0.4, 0.5) is 0 Å². The van der Waals surface area contributed by atoms with Crippen LogP contribution in [-0.2, 0) is 4.79 Å². The highest BCUT2D eigenvalue weighted by Crippen LogP contribution is 1.97. The zero-order valence-electron chi connectivity index (χ0n) is 7.71. The summed E-state index contributed by atoms with van der Waals surface area (Å²) in [5.74, 6) is 2.47. The van der Waals surface area contributed by atoms with Crippen molar-refractivity contribution in [3.8, 4) is 12.3 Å². The molecule has 0 aromatic carbocycles. The van der Waals surface area contributed by atoms with E-state index in [-0.39, 0.29) is 11.9 Å². The van der Waals surface area contributed by atoms with E-state index in [2.05, 4.69) is 5.92 Å². The molecule has 0 spiro atoms. The Balaban J connectivity index is 3.66. The number of carbonyl (C=O) groups excluding carboxylic acids is 1. The zero-order valence-corrected chi connectivity index (χ0v) is 7.71. The topological polar surface area (TPSA) is 46.3 Å². The molecule has 0 fully saturated rings. The minimum absolute atomic E-state index is 0.0604. The van der Waals surface area contributed by atoms with Crippen LogP contribution in [-0.4, -0.2) is 30.4 Å². The van der Waals surface area contributed by atoms with E-state index in [1.165, 1.54) is 4.90 Å². The molecule has 0 heterocycles. The Bertz CT molecular complexity index is 181. The van der Waals surface area contributed by atoms with E-state index in [9.17, 15) is 4.79 Å². The van der Waals surface area contributed by atoms with E-state index >= 15 is 0 Å². The average molecular weight is 168 g/mol. The smallest absolute Gasteiger partial charge is 0.223 e. The van der Waals surface area contributed by atoms with Crippen LogP contribution in [0.5, 0.6) is 0 Å². The van der Waals surface area contributed by atoms with Gasteiger partial charge in [-0.05, 0) is 13.3 Å². The number of amides is 1. The number of rotatable bonds is 4. The second-order valence-electron chi connectivity index (χ2n) is 2.97. The predicted molar refractivity (Wildman–Crippen MR) is 49.4 cm³/mol. The first-order chi connectivity index (χ1) is 5.57. The largest absolute Gasteiger partial charge is 0.335 e. The second kappa shape index (κ2) is 5.62. The van der Waals surface area contributed by atoms with Crippen LogP contribution in [0.1, 0.15) is 19.8 Å². The van der Waals surface area contributed by atoms with Crippen molar-refractivity contribution in [2.45, 2.75) is 25.8 Å². The van der Waals surface area contributed by atoms with Gasteiger partial charge in [0.2, 0.25) is 5.91 Å². The van der Waals surface area contributed by atoms with Gasteiger partial charge < -0.3 is 10.6 Å². The van der Waals surface area contributed by atoms with Crippen molar-refractivity contribution >= 4 is 5.91 Å². The molecule has 0 radical (unpaired) electrons. The summed E-state index contributed by atoms with van der Waals surface area (Å²) in [4.78, 5) is 12.7. The van der Waals surface area contributed by atoms with Gasteiger partial charge in [-0.25, -0.2) is 0 Å². The summed E-state index contributed by atoms with van der Waals surface area (Å²) in [5, 5.41) is 0. The number of nitrogens with zero attached hydrogens (tertiary/aromatic N) is 1. The summed E-state index contributed by atoms with van der Waals surface area (Å²) in [6.07, 6.45) is 6.25. The van der Waals surface area contributed by atoms with E-state index < -0.39 is 0 Å². The number of terminal acetylenes is 1. The van der Waals surface area contributed by atoms with Crippen molar-refractivity contribution in [3.05, 3.63) is 0 Å². The molecule has 12 heavy (non-hydrogen) atoms. The first-order valence-electron chi connectivity index (χ1n) is 4.01. The van der Waals surface area contributed by atoms with Crippen molar-refractivity contribution in [2.75, 3.05) is 13.6 Å². The normalized spacial score (nSPS) is 11.8. The fourth-order valence-electron chi connectivity index (χ4n) is 0.767. The van der Waals surface area contributed by atoms with Gasteiger partial charge in [-0.3, -0.25) is 4.79 Å². The van der Waals surface area contributed by atoms with Crippen LogP contribution in [0.15, 0.2) is 0 Å².